The largest absolute Gasteiger partial charge is 0.495 e. The molecule has 2 aromatic rings. The number of anilines is 1. The second kappa shape index (κ2) is 4.91. The molecule has 1 heterocycles. The van der Waals surface area contributed by atoms with Gasteiger partial charge in [0, 0.05) is 13.2 Å². The summed E-state index contributed by atoms with van der Waals surface area (Å²) in [6, 6.07) is 8.08. The van der Waals surface area contributed by atoms with Crippen LogP contribution in [-0.4, -0.2) is 16.9 Å². The van der Waals surface area contributed by atoms with Gasteiger partial charge in [-0.3, -0.25) is 4.68 Å². The monoisotopic (exact) mass is 231 g/mol. The quantitative estimate of drug-likeness (QED) is 0.878. The fourth-order valence-corrected chi connectivity index (χ4v) is 1.72. The molecule has 1 N–H and O–H groups in total. The van der Waals surface area contributed by atoms with Gasteiger partial charge in [0.15, 0.2) is 0 Å². The number of nitrogens with zero attached hydrogens (tertiary/aromatic N) is 2. The molecule has 0 saturated carbocycles. The molecule has 0 amide bonds. The second-order valence-corrected chi connectivity index (χ2v) is 4.00. The van der Waals surface area contributed by atoms with Crippen LogP contribution in [0.3, 0.4) is 0 Å². The van der Waals surface area contributed by atoms with E-state index in [1.165, 1.54) is 5.56 Å². The van der Waals surface area contributed by atoms with Gasteiger partial charge < -0.3 is 10.1 Å². The maximum absolute atomic E-state index is 5.32. The van der Waals surface area contributed by atoms with Crippen LogP contribution in [0.15, 0.2) is 30.5 Å². The molecule has 4 nitrogen and oxygen atoms in total. The molecule has 17 heavy (non-hydrogen) atoms. The summed E-state index contributed by atoms with van der Waals surface area (Å²) < 4.78 is 7.17. The number of nitrogens with one attached hydrogen (secondary N) is 1. The number of hydrogen-bond acceptors (Lipinski definition) is 3. The van der Waals surface area contributed by atoms with Crippen LogP contribution in [0.2, 0.25) is 0 Å². The number of hydrogen-bond donors (Lipinski definition) is 1. The van der Waals surface area contributed by atoms with E-state index >= 15 is 0 Å². The molecule has 0 saturated heterocycles. The normalized spacial score (nSPS) is 10.3. The van der Waals surface area contributed by atoms with E-state index in [9.17, 15) is 0 Å². The van der Waals surface area contributed by atoms with Gasteiger partial charge in [-0.25, -0.2) is 0 Å². The molecular formula is C13H17N3O. The third-order valence-electron chi connectivity index (χ3n) is 2.74. The fraction of sp³-hybridized carbons (Fsp3) is 0.308. The maximum Gasteiger partial charge on any atom is 0.141 e. The van der Waals surface area contributed by atoms with E-state index in [1.54, 1.807) is 13.3 Å². The van der Waals surface area contributed by atoms with Crippen molar-refractivity contribution >= 4 is 5.69 Å². The van der Waals surface area contributed by atoms with Crippen LogP contribution in [0.1, 0.15) is 11.3 Å². The van der Waals surface area contributed by atoms with E-state index in [2.05, 4.69) is 23.4 Å². The molecule has 1 aromatic carbocycles. The molecule has 0 unspecified atom stereocenters. The predicted molar refractivity (Wildman–Crippen MR) is 68.3 cm³/mol. The molecule has 0 aliphatic rings. The van der Waals surface area contributed by atoms with Gasteiger partial charge in [0.05, 0.1) is 25.0 Å². The van der Waals surface area contributed by atoms with Crippen molar-refractivity contribution in [3.05, 3.63) is 41.7 Å². The van der Waals surface area contributed by atoms with Crippen LogP contribution in [-0.2, 0) is 13.6 Å². The lowest BCUT2D eigenvalue weighted by molar-refractivity contribution is 0.416. The van der Waals surface area contributed by atoms with Gasteiger partial charge >= 0.3 is 0 Å². The van der Waals surface area contributed by atoms with Gasteiger partial charge in [-0.05, 0) is 30.7 Å². The van der Waals surface area contributed by atoms with Crippen molar-refractivity contribution in [2.75, 3.05) is 12.4 Å². The Morgan fingerprint density at radius 2 is 2.18 bits per heavy atom. The van der Waals surface area contributed by atoms with Gasteiger partial charge in [-0.15, -0.1) is 0 Å². The highest BCUT2D eigenvalue weighted by molar-refractivity contribution is 5.58. The van der Waals surface area contributed by atoms with Crippen molar-refractivity contribution < 1.29 is 4.74 Å². The minimum atomic E-state index is 0.732. The summed E-state index contributed by atoms with van der Waals surface area (Å²) in [6.45, 7) is 2.80. The van der Waals surface area contributed by atoms with Crippen LogP contribution < -0.4 is 10.1 Å². The highest BCUT2D eigenvalue weighted by Gasteiger charge is 2.04. The van der Waals surface area contributed by atoms with Crippen LogP contribution in [0.5, 0.6) is 5.75 Å². The zero-order valence-electron chi connectivity index (χ0n) is 10.4. The van der Waals surface area contributed by atoms with Crippen LogP contribution in [0, 0.1) is 6.92 Å². The van der Waals surface area contributed by atoms with E-state index in [0.29, 0.717) is 0 Å². The number of benzene rings is 1. The van der Waals surface area contributed by atoms with Crippen LogP contribution in [0.25, 0.3) is 0 Å². The van der Waals surface area contributed by atoms with Gasteiger partial charge in [0.1, 0.15) is 5.75 Å². The SMILES string of the molecule is COc1ccc(C)cc1NCc1ccnn1C. The average molecular weight is 231 g/mol. The first kappa shape index (κ1) is 11.5. The summed E-state index contributed by atoms with van der Waals surface area (Å²) in [5.74, 6) is 0.859. The number of aryl methyl sites for hydroxylation is 2. The first-order valence-electron chi connectivity index (χ1n) is 5.56. The van der Waals surface area contributed by atoms with E-state index in [1.807, 2.05) is 29.9 Å². The number of aromatic nitrogens is 2. The van der Waals surface area contributed by atoms with Gasteiger partial charge in [-0.1, -0.05) is 6.07 Å². The summed E-state index contributed by atoms with van der Waals surface area (Å²) in [5, 5.41) is 7.50. The molecule has 4 heteroatoms. The second-order valence-electron chi connectivity index (χ2n) is 4.00. The summed E-state index contributed by atoms with van der Waals surface area (Å²) in [4.78, 5) is 0. The molecule has 0 radical (unpaired) electrons. The minimum absolute atomic E-state index is 0.732. The van der Waals surface area contributed by atoms with Crippen LogP contribution in [0.4, 0.5) is 5.69 Å². The van der Waals surface area contributed by atoms with Crippen molar-refractivity contribution in [1.82, 2.24) is 9.78 Å². The Bertz CT molecular complexity index is 505. The van der Waals surface area contributed by atoms with Crippen LogP contribution >= 0.6 is 0 Å². The van der Waals surface area contributed by atoms with Crippen molar-refractivity contribution in [3.8, 4) is 5.75 Å². The molecule has 0 bridgehead atoms. The van der Waals surface area contributed by atoms with E-state index < -0.39 is 0 Å². The molecular weight excluding hydrogens is 214 g/mol. The zero-order chi connectivity index (χ0) is 12.3. The van der Waals surface area contributed by atoms with Crippen molar-refractivity contribution in [1.29, 1.82) is 0 Å². The Labute approximate surface area is 101 Å². The smallest absolute Gasteiger partial charge is 0.141 e. The first-order chi connectivity index (χ1) is 8.20. The molecule has 1 aromatic heterocycles. The molecule has 90 valence electrons. The molecule has 0 atom stereocenters. The Morgan fingerprint density at radius 3 is 2.82 bits per heavy atom. The summed E-state index contributed by atoms with van der Waals surface area (Å²) >= 11 is 0. The fourth-order valence-electron chi connectivity index (χ4n) is 1.72. The number of ether oxygens (including phenoxy) is 1. The Kier molecular flexibility index (Phi) is 3.32. The zero-order valence-corrected chi connectivity index (χ0v) is 10.4. The lowest BCUT2D eigenvalue weighted by atomic mass is 10.2. The van der Waals surface area contributed by atoms with Gasteiger partial charge in [-0.2, -0.15) is 5.10 Å². The van der Waals surface area contributed by atoms with E-state index in [0.717, 1.165) is 23.7 Å². The number of methoxy groups -OCH3 is 1. The topological polar surface area (TPSA) is 39.1 Å². The van der Waals surface area contributed by atoms with Crippen molar-refractivity contribution in [2.45, 2.75) is 13.5 Å². The lowest BCUT2D eigenvalue weighted by Gasteiger charge is -2.12. The number of rotatable bonds is 4. The Hall–Kier alpha value is -1.97. The average Bonchev–Trinajstić information content (AvgIpc) is 2.72. The molecule has 0 aliphatic heterocycles. The third kappa shape index (κ3) is 2.58. The maximum atomic E-state index is 5.32. The molecule has 0 fully saturated rings. The highest BCUT2D eigenvalue weighted by atomic mass is 16.5. The molecule has 0 aliphatic carbocycles. The highest BCUT2D eigenvalue weighted by Crippen LogP contribution is 2.25. The first-order valence-corrected chi connectivity index (χ1v) is 5.56. The molecule has 2 rings (SSSR count). The Balaban J connectivity index is 2.13. The predicted octanol–water partition coefficient (Wildman–Crippen LogP) is 2.35. The summed E-state index contributed by atoms with van der Waals surface area (Å²) in [6.07, 6.45) is 1.80. The van der Waals surface area contributed by atoms with Crippen molar-refractivity contribution in [2.24, 2.45) is 7.05 Å². The standard InChI is InChI=1S/C13H17N3O/c1-10-4-5-13(17-3)12(8-10)14-9-11-6-7-15-16(11)2/h4-8,14H,9H2,1-3H3. The Morgan fingerprint density at radius 1 is 1.35 bits per heavy atom. The van der Waals surface area contributed by atoms with E-state index in [4.69, 9.17) is 4.74 Å². The summed E-state index contributed by atoms with van der Waals surface area (Å²) in [7, 11) is 3.62. The molecule has 0 spiro atoms. The third-order valence-corrected chi connectivity index (χ3v) is 2.74. The lowest BCUT2D eigenvalue weighted by Crippen LogP contribution is -2.06. The minimum Gasteiger partial charge on any atom is -0.495 e. The van der Waals surface area contributed by atoms with Gasteiger partial charge in [0.25, 0.3) is 0 Å². The van der Waals surface area contributed by atoms with Crippen molar-refractivity contribution in [3.63, 3.8) is 0 Å². The van der Waals surface area contributed by atoms with Gasteiger partial charge in [0.2, 0.25) is 0 Å². The van der Waals surface area contributed by atoms with E-state index in [-0.39, 0.29) is 0 Å². The summed E-state index contributed by atoms with van der Waals surface area (Å²) in [5.41, 5.74) is 3.35.